The van der Waals surface area contributed by atoms with Crippen LogP contribution >= 0.6 is 0 Å². The molecule has 10 nitrogen and oxygen atoms in total. The number of nitrogens with zero attached hydrogens (tertiary/aromatic N) is 5. The molecule has 1 aliphatic heterocycles. The zero-order valence-corrected chi connectivity index (χ0v) is 17.9. The Morgan fingerprint density at radius 1 is 0.935 bits per heavy atom. The summed E-state index contributed by atoms with van der Waals surface area (Å²) in [6.07, 6.45) is 4.60. The first-order valence-corrected chi connectivity index (χ1v) is 9.74. The van der Waals surface area contributed by atoms with Crippen molar-refractivity contribution in [1.29, 1.82) is 0 Å². The van der Waals surface area contributed by atoms with Gasteiger partial charge in [0.05, 0.1) is 16.8 Å². The molecule has 2 heterocycles. The smallest absolute Gasteiger partial charge is 0.493 e. The molecule has 11 heteroatoms. The maximum Gasteiger partial charge on any atom is 2.00 e. The van der Waals surface area contributed by atoms with E-state index in [2.05, 4.69) is 10.2 Å². The fourth-order valence-corrected chi connectivity index (χ4v) is 4.05. The number of imide groups is 1. The molecule has 1 aromatic carbocycles. The van der Waals surface area contributed by atoms with E-state index in [0.29, 0.717) is 0 Å². The van der Waals surface area contributed by atoms with Gasteiger partial charge in [-0.05, 0) is 25.0 Å². The Hall–Kier alpha value is -3.04. The maximum absolute atomic E-state index is 13.1. The zero-order valence-electron chi connectivity index (χ0n) is 17.0. The molecular formula is C20H21CuN5O5+2. The van der Waals surface area contributed by atoms with E-state index >= 15 is 0 Å². The van der Waals surface area contributed by atoms with Gasteiger partial charge < -0.3 is 5.11 Å². The molecule has 4 rings (SSSR count). The van der Waals surface area contributed by atoms with E-state index in [9.17, 15) is 24.3 Å². The number of hydrogen-bond acceptors (Lipinski definition) is 7. The first-order valence-electron chi connectivity index (χ1n) is 9.74. The number of rotatable bonds is 3. The fraction of sp³-hybridized carbons (Fsp3) is 0.400. The number of hydrogen-bond donors (Lipinski definition) is 1. The molecule has 0 atom stereocenters. The minimum absolute atomic E-state index is 0. The van der Waals surface area contributed by atoms with Crippen molar-refractivity contribution in [3.8, 4) is 5.88 Å². The predicted molar refractivity (Wildman–Crippen MR) is 107 cm³/mol. The van der Waals surface area contributed by atoms with Crippen LogP contribution in [-0.2, 0) is 31.2 Å². The Morgan fingerprint density at radius 3 is 2.29 bits per heavy atom. The van der Waals surface area contributed by atoms with Crippen LogP contribution in [0.1, 0.15) is 52.8 Å². The molecule has 0 spiro atoms. The van der Waals surface area contributed by atoms with Gasteiger partial charge in [-0.25, -0.2) is 4.79 Å². The van der Waals surface area contributed by atoms with Crippen molar-refractivity contribution in [3.63, 3.8) is 0 Å². The van der Waals surface area contributed by atoms with Crippen LogP contribution in [0.5, 0.6) is 5.88 Å². The van der Waals surface area contributed by atoms with Gasteiger partial charge in [-0.3, -0.25) is 28.4 Å². The first kappa shape index (κ1) is 22.6. The summed E-state index contributed by atoms with van der Waals surface area (Å²) in [6, 6.07) is 4.54. The molecule has 1 aromatic heterocycles. The Labute approximate surface area is 187 Å². The van der Waals surface area contributed by atoms with Crippen LogP contribution in [0.4, 0.5) is 11.4 Å². The molecule has 2 aromatic rings. The fourth-order valence-electron chi connectivity index (χ4n) is 4.05. The Bertz CT molecular complexity index is 1210. The largest absolute Gasteiger partial charge is 2.00 e. The second-order valence-electron chi connectivity index (χ2n) is 7.55. The summed E-state index contributed by atoms with van der Waals surface area (Å²) in [5.41, 5.74) is -1.45. The van der Waals surface area contributed by atoms with Crippen molar-refractivity contribution in [3.05, 3.63) is 50.2 Å². The van der Waals surface area contributed by atoms with Crippen LogP contribution in [-0.4, -0.2) is 37.0 Å². The van der Waals surface area contributed by atoms with Crippen molar-refractivity contribution in [2.75, 3.05) is 0 Å². The predicted octanol–water partition coefficient (Wildman–Crippen LogP) is 2.13. The van der Waals surface area contributed by atoms with E-state index in [1.807, 2.05) is 0 Å². The molecule has 2 aliphatic rings. The molecule has 1 saturated carbocycles. The number of amides is 2. The van der Waals surface area contributed by atoms with Crippen LogP contribution in [0, 0.1) is 0 Å². The summed E-state index contributed by atoms with van der Waals surface area (Å²) in [5, 5.41) is 17.9. The number of aromatic nitrogens is 2. The quantitative estimate of drug-likeness (QED) is 0.414. The molecule has 31 heavy (non-hydrogen) atoms. The Kier molecular flexibility index (Phi) is 6.28. The van der Waals surface area contributed by atoms with Gasteiger partial charge in [0, 0.05) is 20.1 Å². The van der Waals surface area contributed by atoms with Crippen LogP contribution in [0.15, 0.2) is 38.0 Å². The van der Waals surface area contributed by atoms with Gasteiger partial charge in [0.2, 0.25) is 11.6 Å². The average Bonchev–Trinajstić information content (AvgIpc) is 3.02. The normalized spacial score (nSPS) is 16.6. The van der Waals surface area contributed by atoms with E-state index < -0.39 is 28.7 Å². The van der Waals surface area contributed by atoms with Crippen LogP contribution < -0.4 is 11.2 Å². The molecular weight excluding hydrogens is 454 g/mol. The zero-order chi connectivity index (χ0) is 21.6. The average molecular weight is 475 g/mol. The van der Waals surface area contributed by atoms with E-state index in [1.165, 1.54) is 25.1 Å². The van der Waals surface area contributed by atoms with Gasteiger partial charge >= 0.3 is 22.8 Å². The van der Waals surface area contributed by atoms with Crippen molar-refractivity contribution < 1.29 is 31.8 Å². The van der Waals surface area contributed by atoms with Gasteiger partial charge in [0.25, 0.3) is 17.4 Å². The molecule has 165 valence electrons. The molecule has 2 amide bonds. The Morgan fingerprint density at radius 2 is 1.61 bits per heavy atom. The first-order chi connectivity index (χ1) is 14.3. The summed E-state index contributed by atoms with van der Waals surface area (Å²) < 4.78 is 1.66. The standard InChI is InChI=1S/C20H21N5O5.Cu/c1-23-18(28)15(19(29)24(2)20(23)30)22-21-13-10-6-9-12-14(13)17(27)25(16(12)26)11-7-4-3-5-8-11;/h6,9-11,28H,3-5,7-8H2,1-2H3;/q;+2. The summed E-state index contributed by atoms with van der Waals surface area (Å²) in [4.78, 5) is 51.4. The van der Waals surface area contributed by atoms with Crippen molar-refractivity contribution in [1.82, 2.24) is 14.0 Å². The molecule has 0 bridgehead atoms. The third-order valence-corrected chi connectivity index (χ3v) is 5.73. The van der Waals surface area contributed by atoms with Crippen molar-refractivity contribution >= 4 is 23.2 Å². The third kappa shape index (κ3) is 3.64. The van der Waals surface area contributed by atoms with Crippen LogP contribution in [0.3, 0.4) is 0 Å². The minimum Gasteiger partial charge on any atom is -0.493 e. The van der Waals surface area contributed by atoms with Gasteiger partial charge in [-0.1, -0.05) is 25.3 Å². The van der Waals surface area contributed by atoms with E-state index in [4.69, 9.17) is 0 Å². The summed E-state index contributed by atoms with van der Waals surface area (Å²) in [6.45, 7) is 0. The van der Waals surface area contributed by atoms with E-state index in [1.54, 1.807) is 12.1 Å². The Balaban J connectivity index is 0.00000272. The number of azo groups is 1. The van der Waals surface area contributed by atoms with Gasteiger partial charge in [-0.15, -0.1) is 10.2 Å². The number of aromatic hydroxyl groups is 1. The molecule has 1 radical (unpaired) electrons. The van der Waals surface area contributed by atoms with E-state index in [-0.39, 0.29) is 45.8 Å². The monoisotopic (exact) mass is 474 g/mol. The number of benzene rings is 1. The molecule has 0 saturated heterocycles. The summed E-state index contributed by atoms with van der Waals surface area (Å²) in [5.74, 6) is -1.40. The van der Waals surface area contributed by atoms with Crippen LogP contribution in [0.2, 0.25) is 0 Å². The van der Waals surface area contributed by atoms with Crippen LogP contribution in [0.25, 0.3) is 0 Å². The van der Waals surface area contributed by atoms with Gasteiger partial charge in [-0.2, -0.15) is 0 Å². The molecule has 1 N–H and O–H groups in total. The number of fused-ring (bicyclic) bond motifs is 1. The molecule has 1 aliphatic carbocycles. The molecule has 0 unspecified atom stereocenters. The van der Waals surface area contributed by atoms with E-state index in [0.717, 1.165) is 41.2 Å². The van der Waals surface area contributed by atoms with Gasteiger partial charge in [0.15, 0.2) is 0 Å². The second-order valence-corrected chi connectivity index (χ2v) is 7.55. The van der Waals surface area contributed by atoms with Crippen molar-refractivity contribution in [2.45, 2.75) is 38.1 Å². The number of carbonyl (C=O) groups is 2. The summed E-state index contributed by atoms with van der Waals surface area (Å²) >= 11 is 0. The number of carbonyl (C=O) groups excluding carboxylic acids is 2. The molecule has 1 fully saturated rings. The third-order valence-electron chi connectivity index (χ3n) is 5.73. The van der Waals surface area contributed by atoms with Crippen molar-refractivity contribution in [2.24, 2.45) is 24.3 Å². The second kappa shape index (κ2) is 8.60. The van der Waals surface area contributed by atoms with Gasteiger partial charge in [0.1, 0.15) is 0 Å². The maximum atomic E-state index is 13.1. The topological polar surface area (TPSA) is 126 Å². The SMILES string of the molecule is Cn1c(O)c(N=Nc2cccc3c2C(=O)N(C2CCCCC2)C3=O)c(=O)n(C)c1=O.[Cu+2]. The minimum atomic E-state index is -0.821. The summed E-state index contributed by atoms with van der Waals surface area (Å²) in [7, 11) is 2.55.